The lowest BCUT2D eigenvalue weighted by Gasteiger charge is -2.05. The quantitative estimate of drug-likeness (QED) is 0.477. The molecule has 0 saturated carbocycles. The average molecular weight is 414 g/mol. The number of rotatable bonds is 2. The largest absolute Gasteiger partial charge is 0.361 e. The van der Waals surface area contributed by atoms with Crippen molar-refractivity contribution in [2.24, 2.45) is 14.0 Å². The fourth-order valence-electron chi connectivity index (χ4n) is 3.02. The summed E-state index contributed by atoms with van der Waals surface area (Å²) < 4.78 is 49.6. The lowest BCUT2D eigenvalue weighted by Crippen LogP contribution is -2.38. The molecule has 0 fully saturated rings. The number of sulfone groups is 1. The van der Waals surface area contributed by atoms with Crippen LogP contribution in [0.5, 0.6) is 0 Å². The molecule has 3 aromatic heterocycles. The van der Waals surface area contributed by atoms with E-state index >= 15 is 0 Å². The molecule has 0 aliphatic heterocycles. The van der Waals surface area contributed by atoms with Crippen molar-refractivity contribution in [1.82, 2.24) is 23.7 Å². The van der Waals surface area contributed by atoms with Crippen LogP contribution in [-0.2, 0) is 30.4 Å². The van der Waals surface area contributed by atoms with E-state index in [2.05, 4.69) is 21.8 Å². The summed E-state index contributed by atoms with van der Waals surface area (Å²) in [6, 6.07) is 7.41. The first-order valence-corrected chi connectivity index (χ1v) is 10.3. The minimum atomic E-state index is -4.13. The molecule has 0 radical (unpaired) electrons. The monoisotopic (exact) mass is 414 g/mol. The molecule has 0 unspecified atom stereocenters. The molecule has 1 N–H and O–H groups in total. The summed E-state index contributed by atoms with van der Waals surface area (Å²) in [6.07, 6.45) is 2.57. The van der Waals surface area contributed by atoms with Gasteiger partial charge in [-0.3, -0.25) is 13.9 Å². The van der Waals surface area contributed by atoms with Crippen molar-refractivity contribution in [3.63, 3.8) is 0 Å². The van der Waals surface area contributed by atoms with Gasteiger partial charge in [0.05, 0.1) is 6.54 Å². The maximum absolute atomic E-state index is 12.7. The highest BCUT2D eigenvalue weighted by molar-refractivity contribution is 7.90. The van der Waals surface area contributed by atoms with Gasteiger partial charge in [-0.1, -0.05) is 17.9 Å². The molecule has 3 heterocycles. The Bertz CT molecular complexity index is 1680. The molecule has 1 aromatic carbocycles. The van der Waals surface area contributed by atoms with Crippen LogP contribution < -0.4 is 11.2 Å². The van der Waals surface area contributed by atoms with E-state index in [9.17, 15) is 18.0 Å². The normalized spacial score (nSPS) is 13.7. The molecule has 0 saturated heterocycles. The number of hydrogen-bond donors (Lipinski definition) is 1. The molecule has 0 spiro atoms. The van der Waals surface area contributed by atoms with Crippen LogP contribution in [0.15, 0.2) is 45.2 Å². The highest BCUT2D eigenvalue weighted by Crippen LogP contribution is 2.15. The Labute approximate surface area is 169 Å². The van der Waals surface area contributed by atoms with Gasteiger partial charge in [0.1, 0.15) is 0 Å². The number of fused-ring (bicyclic) bond motifs is 2. The molecule has 4 rings (SSSR count). The first-order valence-electron chi connectivity index (χ1n) is 9.88. The molecule has 0 aliphatic carbocycles. The minimum absolute atomic E-state index is 0.243. The van der Waals surface area contributed by atoms with E-state index < -0.39 is 38.7 Å². The lowest BCUT2D eigenvalue weighted by molar-refractivity contribution is 0.586. The SMILES string of the molecule is [2H]C([2H])([2H])n1c(S(C)(=O)=O)nc2c1c(=O)n(C)c(=O)n2CC#Cc1ccc2cc[nH]c2c1. The molecule has 0 bridgehead atoms. The van der Waals surface area contributed by atoms with E-state index in [1.165, 1.54) is 7.05 Å². The molecule has 9 nitrogen and oxygen atoms in total. The topological polar surface area (TPSA) is 112 Å². The fourth-order valence-corrected chi connectivity index (χ4v) is 3.70. The van der Waals surface area contributed by atoms with Crippen LogP contribution in [0.3, 0.4) is 0 Å². The van der Waals surface area contributed by atoms with Gasteiger partial charge in [-0.15, -0.1) is 0 Å². The van der Waals surface area contributed by atoms with Gasteiger partial charge >= 0.3 is 5.69 Å². The molecule has 10 heteroatoms. The van der Waals surface area contributed by atoms with Crippen LogP contribution >= 0.6 is 0 Å². The summed E-state index contributed by atoms with van der Waals surface area (Å²) in [5.74, 6) is 5.71. The number of nitrogens with one attached hydrogen (secondary N) is 1. The van der Waals surface area contributed by atoms with Crippen LogP contribution in [0, 0.1) is 11.8 Å². The van der Waals surface area contributed by atoms with Crippen LogP contribution in [-0.4, -0.2) is 38.3 Å². The smallest absolute Gasteiger partial charge is 0.333 e. The number of aromatic amines is 1. The lowest BCUT2D eigenvalue weighted by atomic mass is 10.2. The number of hydrogen-bond acceptors (Lipinski definition) is 5. The van der Waals surface area contributed by atoms with Crippen molar-refractivity contribution in [3.05, 3.63) is 56.9 Å². The van der Waals surface area contributed by atoms with Crippen LogP contribution in [0.2, 0.25) is 0 Å². The van der Waals surface area contributed by atoms with Gasteiger partial charge in [0.25, 0.3) is 5.56 Å². The number of aromatic nitrogens is 5. The molecule has 0 aliphatic rings. The van der Waals surface area contributed by atoms with Crippen molar-refractivity contribution in [1.29, 1.82) is 0 Å². The van der Waals surface area contributed by atoms with Crippen molar-refractivity contribution in [2.75, 3.05) is 6.26 Å². The minimum Gasteiger partial charge on any atom is -0.361 e. The van der Waals surface area contributed by atoms with Crippen molar-refractivity contribution in [3.8, 4) is 11.8 Å². The van der Waals surface area contributed by atoms with Gasteiger partial charge in [0, 0.05) is 41.7 Å². The fraction of sp³-hybridized carbons (Fsp3) is 0.211. The van der Waals surface area contributed by atoms with E-state index in [1.54, 1.807) is 12.3 Å². The third-order valence-electron chi connectivity index (χ3n) is 4.47. The summed E-state index contributed by atoms with van der Waals surface area (Å²) in [4.78, 5) is 32.4. The maximum atomic E-state index is 12.7. The summed E-state index contributed by atoms with van der Waals surface area (Å²) in [5.41, 5.74) is -1.09. The standard InChI is InChI=1S/C19H17N5O4S/c1-22-15-16(21-18(22)29(3,27)28)24(19(26)23(2)17(15)25)10-4-5-12-6-7-13-8-9-20-14(13)11-12/h6-9,11,20H,10H2,1-3H3/i1D3. The number of nitrogens with zero attached hydrogens (tertiary/aromatic N) is 4. The van der Waals surface area contributed by atoms with Crippen molar-refractivity contribution < 1.29 is 12.5 Å². The van der Waals surface area contributed by atoms with E-state index in [1.807, 2.05) is 18.2 Å². The highest BCUT2D eigenvalue weighted by atomic mass is 32.2. The second kappa shape index (κ2) is 6.49. The van der Waals surface area contributed by atoms with Crippen LogP contribution in [0.1, 0.15) is 9.68 Å². The second-order valence-electron chi connectivity index (χ2n) is 6.49. The number of H-pyrrole nitrogens is 1. The Balaban J connectivity index is 1.93. The third-order valence-corrected chi connectivity index (χ3v) is 5.40. The number of benzene rings is 1. The molecular weight excluding hydrogens is 394 g/mol. The van der Waals surface area contributed by atoms with E-state index in [0.717, 1.165) is 21.7 Å². The van der Waals surface area contributed by atoms with Gasteiger partial charge in [0.15, 0.2) is 11.2 Å². The van der Waals surface area contributed by atoms with E-state index in [-0.39, 0.29) is 12.2 Å². The third kappa shape index (κ3) is 3.05. The molecule has 29 heavy (non-hydrogen) atoms. The second-order valence-corrected chi connectivity index (χ2v) is 8.40. The molecule has 148 valence electrons. The molecule has 4 aromatic rings. The predicted octanol–water partition coefficient (Wildman–Crippen LogP) is 0.370. The van der Waals surface area contributed by atoms with Crippen molar-refractivity contribution >= 4 is 31.9 Å². The average Bonchev–Trinajstić information content (AvgIpc) is 3.32. The Kier molecular flexibility index (Phi) is 3.44. The van der Waals surface area contributed by atoms with Gasteiger partial charge in [-0.05, 0) is 23.6 Å². The zero-order chi connectivity index (χ0) is 23.4. The number of imidazole rings is 1. The van der Waals surface area contributed by atoms with Gasteiger partial charge < -0.3 is 9.55 Å². The summed E-state index contributed by atoms with van der Waals surface area (Å²) in [6.45, 7) is -3.26. The van der Waals surface area contributed by atoms with Gasteiger partial charge in [-0.2, -0.15) is 4.98 Å². The van der Waals surface area contributed by atoms with Crippen LogP contribution in [0.4, 0.5) is 0 Å². The zero-order valence-electron chi connectivity index (χ0n) is 18.4. The summed E-state index contributed by atoms with van der Waals surface area (Å²) >= 11 is 0. The zero-order valence-corrected chi connectivity index (χ0v) is 16.2. The van der Waals surface area contributed by atoms with Gasteiger partial charge in [0.2, 0.25) is 15.0 Å². The van der Waals surface area contributed by atoms with E-state index in [4.69, 9.17) is 4.11 Å². The van der Waals surface area contributed by atoms with Gasteiger partial charge in [-0.25, -0.2) is 13.2 Å². The van der Waals surface area contributed by atoms with E-state index in [0.29, 0.717) is 14.7 Å². The molecule has 0 amide bonds. The Hall–Kier alpha value is -3.58. The van der Waals surface area contributed by atoms with Crippen LogP contribution in [0.25, 0.3) is 22.1 Å². The number of aryl methyl sites for hydroxylation is 1. The summed E-state index contributed by atoms with van der Waals surface area (Å²) in [5, 5.41) is 0.184. The highest BCUT2D eigenvalue weighted by Gasteiger charge is 2.23. The maximum Gasteiger partial charge on any atom is 0.333 e. The summed E-state index contributed by atoms with van der Waals surface area (Å²) in [7, 11) is -2.96. The first-order chi connectivity index (χ1) is 14.9. The first kappa shape index (κ1) is 15.4. The van der Waals surface area contributed by atoms with Crippen molar-refractivity contribution in [2.45, 2.75) is 11.7 Å². The predicted molar refractivity (Wildman–Crippen MR) is 109 cm³/mol. The Morgan fingerprint density at radius 1 is 1.24 bits per heavy atom. The Morgan fingerprint density at radius 2 is 2.03 bits per heavy atom. The molecule has 0 atom stereocenters. The Morgan fingerprint density at radius 3 is 2.76 bits per heavy atom. The molecular formula is C19H17N5O4S.